The lowest BCUT2D eigenvalue weighted by Crippen LogP contribution is -2.26. The third kappa shape index (κ3) is 3.99. The van der Waals surface area contributed by atoms with Crippen molar-refractivity contribution in [2.24, 2.45) is 5.92 Å². The summed E-state index contributed by atoms with van der Waals surface area (Å²) >= 11 is 5.55. The molecule has 0 unspecified atom stereocenters. The standard InChI is InChI=1S/C10H16ClN/c11-7-3-1-2-4-10-5-8-12-9-6-10/h10,12H,1,3,5-9H2. The SMILES string of the molecule is ClCCCC#CC1CCNCC1. The molecule has 1 saturated heterocycles. The van der Waals surface area contributed by atoms with Crippen LogP contribution < -0.4 is 5.32 Å². The van der Waals surface area contributed by atoms with Gasteiger partial charge in [-0.1, -0.05) is 5.92 Å². The molecule has 0 bridgehead atoms. The van der Waals surface area contributed by atoms with Crippen LogP contribution in [0.1, 0.15) is 25.7 Å². The second kappa shape index (κ2) is 6.34. The Morgan fingerprint density at radius 1 is 1.33 bits per heavy atom. The summed E-state index contributed by atoms with van der Waals surface area (Å²) in [6, 6.07) is 0. The van der Waals surface area contributed by atoms with Gasteiger partial charge in [0, 0.05) is 18.2 Å². The molecule has 68 valence electrons. The van der Waals surface area contributed by atoms with Crippen molar-refractivity contribution in [2.45, 2.75) is 25.7 Å². The van der Waals surface area contributed by atoms with E-state index in [2.05, 4.69) is 17.2 Å². The van der Waals surface area contributed by atoms with Gasteiger partial charge in [-0.15, -0.1) is 17.5 Å². The maximum absolute atomic E-state index is 5.55. The summed E-state index contributed by atoms with van der Waals surface area (Å²) in [7, 11) is 0. The summed E-state index contributed by atoms with van der Waals surface area (Å²) in [4.78, 5) is 0. The van der Waals surface area contributed by atoms with E-state index >= 15 is 0 Å². The number of piperidine rings is 1. The van der Waals surface area contributed by atoms with Gasteiger partial charge in [0.05, 0.1) is 0 Å². The molecular weight excluding hydrogens is 170 g/mol. The zero-order chi connectivity index (χ0) is 8.65. The van der Waals surface area contributed by atoms with E-state index in [0.29, 0.717) is 5.92 Å². The monoisotopic (exact) mass is 185 g/mol. The zero-order valence-corrected chi connectivity index (χ0v) is 8.16. The van der Waals surface area contributed by atoms with Gasteiger partial charge in [-0.2, -0.15) is 0 Å². The van der Waals surface area contributed by atoms with Crippen molar-refractivity contribution in [1.29, 1.82) is 0 Å². The molecule has 0 aromatic rings. The molecule has 0 amide bonds. The van der Waals surface area contributed by atoms with E-state index in [4.69, 9.17) is 11.6 Å². The van der Waals surface area contributed by atoms with Crippen molar-refractivity contribution in [1.82, 2.24) is 5.32 Å². The van der Waals surface area contributed by atoms with Crippen LogP contribution in [0, 0.1) is 17.8 Å². The van der Waals surface area contributed by atoms with E-state index < -0.39 is 0 Å². The van der Waals surface area contributed by atoms with Gasteiger partial charge in [-0.3, -0.25) is 0 Å². The normalized spacial score (nSPS) is 18.4. The highest BCUT2D eigenvalue weighted by Crippen LogP contribution is 2.09. The van der Waals surface area contributed by atoms with Crippen LogP contribution in [-0.2, 0) is 0 Å². The number of rotatable bonds is 2. The topological polar surface area (TPSA) is 12.0 Å². The molecule has 0 radical (unpaired) electrons. The average Bonchev–Trinajstić information content (AvgIpc) is 2.14. The Kier molecular flexibility index (Phi) is 5.23. The fourth-order valence-electron chi connectivity index (χ4n) is 1.34. The third-order valence-corrected chi connectivity index (χ3v) is 2.35. The zero-order valence-electron chi connectivity index (χ0n) is 7.41. The summed E-state index contributed by atoms with van der Waals surface area (Å²) in [6.45, 7) is 2.27. The Morgan fingerprint density at radius 3 is 2.75 bits per heavy atom. The molecule has 1 N–H and O–H groups in total. The first kappa shape index (κ1) is 9.89. The third-order valence-electron chi connectivity index (χ3n) is 2.08. The Labute approximate surface area is 79.9 Å². The summed E-state index contributed by atoms with van der Waals surface area (Å²) in [5.41, 5.74) is 0. The van der Waals surface area contributed by atoms with Crippen molar-refractivity contribution in [2.75, 3.05) is 19.0 Å². The second-order valence-electron chi connectivity index (χ2n) is 3.14. The van der Waals surface area contributed by atoms with Crippen LogP contribution in [0.3, 0.4) is 0 Å². The molecule has 2 heteroatoms. The molecule has 1 heterocycles. The molecular formula is C10H16ClN. The van der Waals surface area contributed by atoms with E-state index in [1.807, 2.05) is 0 Å². The van der Waals surface area contributed by atoms with Gasteiger partial charge < -0.3 is 5.32 Å². The van der Waals surface area contributed by atoms with Crippen LogP contribution in [0.25, 0.3) is 0 Å². The maximum atomic E-state index is 5.55. The lowest BCUT2D eigenvalue weighted by molar-refractivity contribution is 0.447. The summed E-state index contributed by atoms with van der Waals surface area (Å²) in [6.07, 6.45) is 4.43. The molecule has 0 saturated carbocycles. The van der Waals surface area contributed by atoms with Crippen molar-refractivity contribution in [3.63, 3.8) is 0 Å². The number of nitrogens with one attached hydrogen (secondary N) is 1. The fraction of sp³-hybridized carbons (Fsp3) is 0.800. The molecule has 1 aliphatic rings. The summed E-state index contributed by atoms with van der Waals surface area (Å²) in [5, 5.41) is 3.33. The lowest BCUT2D eigenvalue weighted by Gasteiger charge is -2.17. The minimum atomic E-state index is 0.640. The number of alkyl halides is 1. The Morgan fingerprint density at radius 2 is 2.08 bits per heavy atom. The smallest absolute Gasteiger partial charge is 0.0232 e. The molecule has 0 spiro atoms. The Hall–Kier alpha value is -0.190. The highest BCUT2D eigenvalue weighted by atomic mass is 35.5. The van der Waals surface area contributed by atoms with Crippen molar-refractivity contribution in [3.8, 4) is 11.8 Å². The molecule has 0 atom stereocenters. The lowest BCUT2D eigenvalue weighted by atomic mass is 9.99. The van der Waals surface area contributed by atoms with Crippen LogP contribution in [-0.4, -0.2) is 19.0 Å². The van der Waals surface area contributed by atoms with E-state index in [9.17, 15) is 0 Å². The first-order chi connectivity index (χ1) is 5.93. The number of halogens is 1. The van der Waals surface area contributed by atoms with Crippen LogP contribution in [0.5, 0.6) is 0 Å². The van der Waals surface area contributed by atoms with E-state index in [0.717, 1.165) is 31.8 Å². The highest BCUT2D eigenvalue weighted by Gasteiger charge is 2.08. The molecule has 12 heavy (non-hydrogen) atoms. The summed E-state index contributed by atoms with van der Waals surface area (Å²) < 4.78 is 0. The Bertz CT molecular complexity index is 162. The van der Waals surface area contributed by atoms with Gasteiger partial charge in [-0.25, -0.2) is 0 Å². The number of hydrogen-bond acceptors (Lipinski definition) is 1. The van der Waals surface area contributed by atoms with Crippen LogP contribution >= 0.6 is 11.6 Å². The molecule has 0 aromatic carbocycles. The van der Waals surface area contributed by atoms with Gasteiger partial charge in [0.1, 0.15) is 0 Å². The van der Waals surface area contributed by atoms with Crippen molar-refractivity contribution >= 4 is 11.6 Å². The van der Waals surface area contributed by atoms with Crippen LogP contribution in [0.15, 0.2) is 0 Å². The Balaban J connectivity index is 2.13. The number of hydrogen-bond donors (Lipinski definition) is 1. The highest BCUT2D eigenvalue weighted by molar-refractivity contribution is 6.17. The minimum absolute atomic E-state index is 0.640. The van der Waals surface area contributed by atoms with Gasteiger partial charge in [0.25, 0.3) is 0 Å². The first-order valence-corrected chi connectivity index (χ1v) is 5.22. The molecule has 1 rings (SSSR count). The van der Waals surface area contributed by atoms with Crippen molar-refractivity contribution < 1.29 is 0 Å². The summed E-state index contributed by atoms with van der Waals surface area (Å²) in [5.74, 6) is 7.88. The minimum Gasteiger partial charge on any atom is -0.317 e. The molecule has 1 fully saturated rings. The molecule has 1 nitrogen and oxygen atoms in total. The van der Waals surface area contributed by atoms with Gasteiger partial charge >= 0.3 is 0 Å². The van der Waals surface area contributed by atoms with Crippen LogP contribution in [0.4, 0.5) is 0 Å². The van der Waals surface area contributed by atoms with E-state index in [1.165, 1.54) is 12.8 Å². The predicted octanol–water partition coefficient (Wildman–Crippen LogP) is 2.01. The van der Waals surface area contributed by atoms with E-state index in [-0.39, 0.29) is 0 Å². The van der Waals surface area contributed by atoms with Crippen LogP contribution in [0.2, 0.25) is 0 Å². The average molecular weight is 186 g/mol. The number of unbranched alkanes of at least 4 members (excludes halogenated alkanes) is 1. The van der Waals surface area contributed by atoms with Crippen molar-refractivity contribution in [3.05, 3.63) is 0 Å². The van der Waals surface area contributed by atoms with Gasteiger partial charge in [-0.05, 0) is 32.4 Å². The second-order valence-corrected chi connectivity index (χ2v) is 3.52. The van der Waals surface area contributed by atoms with Gasteiger partial charge in [0.15, 0.2) is 0 Å². The first-order valence-electron chi connectivity index (χ1n) is 4.68. The predicted molar refractivity (Wildman–Crippen MR) is 53.3 cm³/mol. The molecule has 0 aromatic heterocycles. The molecule has 0 aliphatic carbocycles. The molecule has 1 aliphatic heterocycles. The largest absolute Gasteiger partial charge is 0.317 e. The van der Waals surface area contributed by atoms with E-state index in [1.54, 1.807) is 0 Å². The maximum Gasteiger partial charge on any atom is 0.0232 e. The fourth-order valence-corrected chi connectivity index (χ4v) is 1.47. The van der Waals surface area contributed by atoms with Gasteiger partial charge in [0.2, 0.25) is 0 Å². The quantitative estimate of drug-likeness (QED) is 0.394.